The molecule has 1 saturated heterocycles. The van der Waals surface area contributed by atoms with Crippen LogP contribution in [-0.2, 0) is 24.0 Å². The lowest BCUT2D eigenvalue weighted by Crippen LogP contribution is -2.09. The number of nitrogen functional groups attached to an aromatic ring is 1. The largest absolute Gasteiger partial charge is 0.399 e. The van der Waals surface area contributed by atoms with E-state index in [9.17, 15) is 0 Å². The van der Waals surface area contributed by atoms with E-state index in [1.807, 2.05) is 6.07 Å². The number of nitrogens with two attached hydrogens (primary N) is 1. The fourth-order valence-corrected chi connectivity index (χ4v) is 2.94. The number of nitrogens with one attached hydrogen (secondary N) is 1. The smallest absolute Gasteiger partial charge is 0.0981 e. The number of ether oxygens (including phenoxy) is 1. The van der Waals surface area contributed by atoms with Crippen LogP contribution in [0.25, 0.3) is 0 Å². The molecule has 3 heteroatoms. The van der Waals surface area contributed by atoms with Gasteiger partial charge in [0.15, 0.2) is 0 Å². The van der Waals surface area contributed by atoms with Crippen molar-refractivity contribution < 1.29 is 4.74 Å². The van der Waals surface area contributed by atoms with Gasteiger partial charge in [-0.05, 0) is 53.6 Å². The van der Waals surface area contributed by atoms with E-state index < -0.39 is 0 Å². The summed E-state index contributed by atoms with van der Waals surface area (Å²) in [7, 11) is 0. The number of hydrogen-bond donors (Lipinski definition) is 2. The van der Waals surface area contributed by atoms with Gasteiger partial charge in [0, 0.05) is 17.9 Å². The Morgan fingerprint density at radius 1 is 1.04 bits per heavy atom. The van der Waals surface area contributed by atoms with Crippen LogP contribution in [0, 0.1) is 0 Å². The summed E-state index contributed by atoms with van der Waals surface area (Å²) in [6.07, 6.45) is 3.36. The predicted molar refractivity (Wildman–Crippen MR) is 97.1 cm³/mol. The normalized spacial score (nSPS) is 16.3. The second-order valence-electron chi connectivity index (χ2n) is 6.24. The summed E-state index contributed by atoms with van der Waals surface area (Å²) in [4.78, 5) is 0. The Morgan fingerprint density at radius 2 is 1.70 bits per heavy atom. The van der Waals surface area contributed by atoms with Gasteiger partial charge in [0.25, 0.3) is 0 Å². The molecule has 23 heavy (non-hydrogen) atoms. The maximum Gasteiger partial charge on any atom is 0.0981 e. The number of aryl methyl sites for hydroxylation is 2. The van der Waals surface area contributed by atoms with Crippen LogP contribution < -0.4 is 11.1 Å². The minimum Gasteiger partial charge on any atom is -0.399 e. The van der Waals surface area contributed by atoms with Gasteiger partial charge < -0.3 is 15.8 Å². The highest BCUT2D eigenvalue weighted by Gasteiger charge is 2.21. The molecule has 122 valence electrons. The molecule has 2 aromatic carbocycles. The first kappa shape index (κ1) is 15.9. The van der Waals surface area contributed by atoms with Crippen molar-refractivity contribution in [3.8, 4) is 0 Å². The topological polar surface area (TPSA) is 50.6 Å². The van der Waals surface area contributed by atoms with E-state index in [-0.39, 0.29) is 0 Å². The fourth-order valence-electron chi connectivity index (χ4n) is 2.94. The lowest BCUT2D eigenvalue weighted by molar-refractivity contribution is 0.416. The number of benzene rings is 2. The maximum atomic E-state index is 6.00. The second-order valence-corrected chi connectivity index (χ2v) is 6.24. The first-order valence-corrected chi connectivity index (χ1v) is 8.54. The minimum absolute atomic E-state index is 0.404. The van der Waals surface area contributed by atoms with Gasteiger partial charge in [0.05, 0.1) is 12.7 Å². The lowest BCUT2D eigenvalue weighted by atomic mass is 9.98. The second kappa shape index (κ2) is 7.05. The van der Waals surface area contributed by atoms with E-state index in [1.54, 1.807) is 0 Å². The molecule has 1 heterocycles. The third-order valence-corrected chi connectivity index (χ3v) is 4.47. The molecule has 1 unspecified atom stereocenters. The van der Waals surface area contributed by atoms with Crippen molar-refractivity contribution in [3.63, 3.8) is 0 Å². The average Bonchev–Trinajstić information content (AvgIpc) is 3.39. The molecular formula is C20H26N2O. The van der Waals surface area contributed by atoms with E-state index in [1.165, 1.54) is 27.9 Å². The van der Waals surface area contributed by atoms with Crippen molar-refractivity contribution in [2.45, 2.75) is 39.2 Å². The van der Waals surface area contributed by atoms with Gasteiger partial charge in [-0.15, -0.1) is 0 Å². The quantitative estimate of drug-likeness (QED) is 0.604. The maximum absolute atomic E-state index is 6.00. The molecule has 0 aromatic heterocycles. The SMILES string of the molecule is CCc1cc(Cc2ccc(NCC3CO3)c(CC)c2)ccc1N. The van der Waals surface area contributed by atoms with E-state index >= 15 is 0 Å². The van der Waals surface area contributed by atoms with Crippen LogP contribution in [0.1, 0.15) is 36.1 Å². The minimum atomic E-state index is 0.404. The third-order valence-electron chi connectivity index (χ3n) is 4.47. The predicted octanol–water partition coefficient (Wildman–Crippen LogP) is 3.80. The molecule has 0 aliphatic carbocycles. The van der Waals surface area contributed by atoms with E-state index in [4.69, 9.17) is 10.5 Å². The number of hydrogen-bond acceptors (Lipinski definition) is 3. The molecule has 0 bridgehead atoms. The summed E-state index contributed by atoms with van der Waals surface area (Å²) in [5.41, 5.74) is 13.4. The first-order valence-electron chi connectivity index (χ1n) is 8.54. The molecule has 3 rings (SSSR count). The zero-order valence-electron chi connectivity index (χ0n) is 14.1. The van der Waals surface area contributed by atoms with Crippen molar-refractivity contribution in [2.24, 2.45) is 0 Å². The molecule has 1 aliphatic rings. The highest BCUT2D eigenvalue weighted by atomic mass is 16.6. The van der Waals surface area contributed by atoms with Crippen LogP contribution in [0.5, 0.6) is 0 Å². The molecule has 1 fully saturated rings. The molecule has 0 radical (unpaired) electrons. The molecule has 3 nitrogen and oxygen atoms in total. The van der Waals surface area contributed by atoms with Gasteiger partial charge in [-0.1, -0.05) is 38.1 Å². The Kier molecular flexibility index (Phi) is 4.87. The van der Waals surface area contributed by atoms with Crippen LogP contribution in [-0.4, -0.2) is 19.3 Å². The Morgan fingerprint density at radius 3 is 2.35 bits per heavy atom. The van der Waals surface area contributed by atoms with Gasteiger partial charge in [-0.25, -0.2) is 0 Å². The number of anilines is 2. The van der Waals surface area contributed by atoms with Crippen LogP contribution in [0.4, 0.5) is 11.4 Å². The summed E-state index contributed by atoms with van der Waals surface area (Å²) in [5.74, 6) is 0. The van der Waals surface area contributed by atoms with Crippen LogP contribution in [0.2, 0.25) is 0 Å². The molecule has 1 aliphatic heterocycles. The first-order chi connectivity index (χ1) is 11.2. The van der Waals surface area contributed by atoms with Crippen molar-refractivity contribution in [2.75, 3.05) is 24.2 Å². The van der Waals surface area contributed by atoms with E-state index in [0.717, 1.165) is 38.1 Å². The average molecular weight is 310 g/mol. The zero-order valence-corrected chi connectivity index (χ0v) is 14.1. The molecular weight excluding hydrogens is 284 g/mol. The molecule has 3 N–H and O–H groups in total. The van der Waals surface area contributed by atoms with Gasteiger partial charge in [0.1, 0.15) is 0 Å². The van der Waals surface area contributed by atoms with Crippen molar-refractivity contribution in [3.05, 3.63) is 58.7 Å². The van der Waals surface area contributed by atoms with Gasteiger partial charge in [0.2, 0.25) is 0 Å². The lowest BCUT2D eigenvalue weighted by Gasteiger charge is -2.13. The number of rotatable bonds is 7. The van der Waals surface area contributed by atoms with Gasteiger partial charge in [-0.2, -0.15) is 0 Å². The standard InChI is InChI=1S/C20H26N2O/c1-3-16-10-14(5-7-19(16)21)9-15-6-8-20(17(4-2)11-15)22-12-18-13-23-18/h5-8,10-11,18,22H,3-4,9,12-13,21H2,1-2H3. The summed E-state index contributed by atoms with van der Waals surface area (Å²) >= 11 is 0. The van der Waals surface area contributed by atoms with Crippen LogP contribution in [0.15, 0.2) is 36.4 Å². The Bertz CT molecular complexity index is 677. The number of epoxide rings is 1. The van der Waals surface area contributed by atoms with Crippen LogP contribution >= 0.6 is 0 Å². The van der Waals surface area contributed by atoms with Crippen molar-refractivity contribution in [1.82, 2.24) is 0 Å². The Balaban J connectivity index is 1.74. The summed E-state index contributed by atoms with van der Waals surface area (Å²) in [6.45, 7) is 6.15. The zero-order chi connectivity index (χ0) is 16.2. The highest BCUT2D eigenvalue weighted by molar-refractivity contribution is 5.54. The van der Waals surface area contributed by atoms with Crippen molar-refractivity contribution in [1.29, 1.82) is 0 Å². The molecule has 0 spiro atoms. The highest BCUT2D eigenvalue weighted by Crippen LogP contribution is 2.23. The van der Waals surface area contributed by atoms with Gasteiger partial charge in [-0.3, -0.25) is 0 Å². The monoisotopic (exact) mass is 310 g/mol. The summed E-state index contributed by atoms with van der Waals surface area (Å²) in [5, 5.41) is 3.50. The van der Waals surface area contributed by atoms with E-state index in [0.29, 0.717) is 6.10 Å². The third kappa shape index (κ3) is 4.05. The van der Waals surface area contributed by atoms with Crippen LogP contribution in [0.3, 0.4) is 0 Å². The molecule has 1 atom stereocenters. The summed E-state index contributed by atoms with van der Waals surface area (Å²) < 4.78 is 5.27. The molecule has 0 saturated carbocycles. The molecule has 0 amide bonds. The molecule has 2 aromatic rings. The Hall–Kier alpha value is -2.00. The summed E-state index contributed by atoms with van der Waals surface area (Å²) in [6, 6.07) is 13.1. The fraction of sp³-hybridized carbons (Fsp3) is 0.400. The van der Waals surface area contributed by atoms with Gasteiger partial charge >= 0.3 is 0 Å². The Labute approximate surface area is 138 Å². The van der Waals surface area contributed by atoms with E-state index in [2.05, 4.69) is 49.5 Å². The van der Waals surface area contributed by atoms with Crippen molar-refractivity contribution >= 4 is 11.4 Å².